The van der Waals surface area contributed by atoms with Crippen LogP contribution in [0.4, 0.5) is 13.2 Å². The quantitative estimate of drug-likeness (QED) is 0.459. The van der Waals surface area contributed by atoms with Crippen molar-refractivity contribution in [3.8, 4) is 11.8 Å². The molecular formula is C27H28F3N5O2. The van der Waals surface area contributed by atoms with Crippen molar-refractivity contribution in [3.05, 3.63) is 83.4 Å². The lowest BCUT2D eigenvalue weighted by Crippen LogP contribution is -2.51. The number of piperidine rings is 1. The van der Waals surface area contributed by atoms with Crippen LogP contribution >= 0.6 is 0 Å². The third-order valence-electron chi connectivity index (χ3n) is 6.55. The Labute approximate surface area is 213 Å². The molecule has 7 nitrogen and oxygen atoms in total. The van der Waals surface area contributed by atoms with Gasteiger partial charge in [0.05, 0.1) is 41.3 Å². The highest BCUT2D eigenvalue weighted by atomic mass is 19.4. The van der Waals surface area contributed by atoms with Gasteiger partial charge in [-0.25, -0.2) is 4.98 Å². The minimum Gasteiger partial charge on any atom is -0.406 e. The summed E-state index contributed by atoms with van der Waals surface area (Å²) >= 11 is 0. The van der Waals surface area contributed by atoms with Crippen molar-refractivity contribution in [1.29, 1.82) is 5.26 Å². The Morgan fingerprint density at radius 1 is 1.24 bits per heavy atom. The van der Waals surface area contributed by atoms with Crippen LogP contribution in [0.25, 0.3) is 0 Å². The molecule has 1 aliphatic rings. The first-order valence-electron chi connectivity index (χ1n) is 12.0. The highest BCUT2D eigenvalue weighted by molar-refractivity contribution is 5.80. The number of halogens is 3. The number of ether oxygens (including phenoxy) is 1. The molecule has 2 N–H and O–H groups in total. The molecule has 3 aromatic rings. The highest BCUT2D eigenvalue weighted by Crippen LogP contribution is 2.28. The molecule has 1 amide bonds. The van der Waals surface area contributed by atoms with Crippen molar-refractivity contribution in [1.82, 2.24) is 20.2 Å². The maximum absolute atomic E-state index is 13.4. The van der Waals surface area contributed by atoms with E-state index in [1.807, 2.05) is 19.1 Å². The van der Waals surface area contributed by atoms with Gasteiger partial charge in [0, 0.05) is 19.5 Å². The smallest absolute Gasteiger partial charge is 0.406 e. The first kappa shape index (κ1) is 26.2. The number of likely N-dealkylation sites (tertiary alicyclic amines) is 1. The van der Waals surface area contributed by atoms with E-state index in [2.05, 4.69) is 31.0 Å². The molecule has 1 aliphatic heterocycles. The molecule has 2 heterocycles. The molecule has 0 bridgehead atoms. The van der Waals surface area contributed by atoms with Crippen LogP contribution in [0.5, 0.6) is 5.75 Å². The van der Waals surface area contributed by atoms with Crippen LogP contribution in [0.1, 0.15) is 42.1 Å². The number of imidazole rings is 1. The lowest BCUT2D eigenvalue weighted by molar-refractivity contribution is -0.274. The molecule has 1 saturated heterocycles. The summed E-state index contributed by atoms with van der Waals surface area (Å²) in [6.07, 6.45) is 0.522. The Hall–Kier alpha value is -3.84. The van der Waals surface area contributed by atoms with Gasteiger partial charge in [-0.3, -0.25) is 9.69 Å². The first-order chi connectivity index (χ1) is 17.6. The number of nitrogens with zero attached hydrogens (tertiary/aromatic N) is 3. The van der Waals surface area contributed by atoms with Crippen LogP contribution < -0.4 is 10.1 Å². The van der Waals surface area contributed by atoms with Gasteiger partial charge in [-0.1, -0.05) is 24.3 Å². The second-order valence-corrected chi connectivity index (χ2v) is 9.54. The van der Waals surface area contributed by atoms with Gasteiger partial charge < -0.3 is 15.0 Å². The predicted molar refractivity (Wildman–Crippen MR) is 130 cm³/mol. The van der Waals surface area contributed by atoms with Crippen LogP contribution in [0.15, 0.2) is 61.1 Å². The summed E-state index contributed by atoms with van der Waals surface area (Å²) in [6.45, 7) is 3.59. The number of amides is 1. The number of hydrogen-bond acceptors (Lipinski definition) is 5. The van der Waals surface area contributed by atoms with E-state index in [4.69, 9.17) is 5.26 Å². The SMILES string of the molecule is CC(Cc1ccc(C#N)cc1)(NC(=O)[C@H]1CCCN(Cc2cccc(OC(F)(F)F)c2)C1)c1cnc[nH]1. The average molecular weight is 512 g/mol. The van der Waals surface area contributed by atoms with Crippen molar-refractivity contribution in [3.63, 3.8) is 0 Å². The molecule has 37 heavy (non-hydrogen) atoms. The molecule has 1 aromatic heterocycles. The minimum absolute atomic E-state index is 0.0930. The molecular weight excluding hydrogens is 483 g/mol. The molecule has 0 saturated carbocycles. The van der Waals surface area contributed by atoms with Crippen LogP contribution in [0.2, 0.25) is 0 Å². The molecule has 1 unspecified atom stereocenters. The molecule has 194 valence electrons. The summed E-state index contributed by atoms with van der Waals surface area (Å²) in [5.41, 5.74) is 2.22. The Morgan fingerprint density at radius 3 is 2.70 bits per heavy atom. The highest BCUT2D eigenvalue weighted by Gasteiger charge is 2.35. The molecule has 0 radical (unpaired) electrons. The van der Waals surface area contributed by atoms with E-state index in [1.54, 1.807) is 30.7 Å². The fourth-order valence-corrected chi connectivity index (χ4v) is 4.76. The maximum Gasteiger partial charge on any atom is 0.573 e. The molecule has 2 aromatic carbocycles. The van der Waals surface area contributed by atoms with Crippen molar-refractivity contribution in [2.45, 2.75) is 44.6 Å². The standard InChI is InChI=1S/C27H28F3N5O2/c1-26(24-15-32-18-33-24,13-19-7-9-20(14-31)10-8-19)34-25(36)22-5-3-11-35(17-22)16-21-4-2-6-23(12-21)37-27(28,29)30/h2,4,6-10,12,15,18,22H,3,5,11,13,16-17H2,1H3,(H,32,33)(H,34,36)/t22-,26?/m0/s1. The first-order valence-corrected chi connectivity index (χ1v) is 12.0. The number of carbonyl (C=O) groups excluding carboxylic acids is 1. The Balaban J connectivity index is 1.43. The number of H-pyrrole nitrogens is 1. The zero-order valence-corrected chi connectivity index (χ0v) is 20.4. The van der Waals surface area contributed by atoms with Crippen molar-refractivity contribution >= 4 is 5.91 Å². The Morgan fingerprint density at radius 2 is 2.03 bits per heavy atom. The molecule has 4 rings (SSSR count). The molecule has 10 heteroatoms. The van der Waals surface area contributed by atoms with Gasteiger partial charge in [0.25, 0.3) is 0 Å². The van der Waals surface area contributed by atoms with Gasteiger partial charge in [-0.05, 0) is 61.7 Å². The number of nitrogens with one attached hydrogen (secondary N) is 2. The zero-order valence-electron chi connectivity index (χ0n) is 20.4. The van der Waals surface area contributed by atoms with Crippen molar-refractivity contribution in [2.24, 2.45) is 5.92 Å². The van der Waals surface area contributed by atoms with Crippen molar-refractivity contribution < 1.29 is 22.7 Å². The van der Waals surface area contributed by atoms with Gasteiger partial charge >= 0.3 is 6.36 Å². The van der Waals surface area contributed by atoms with E-state index in [0.29, 0.717) is 30.6 Å². The fraction of sp³-hybridized carbons (Fsp3) is 0.370. The predicted octanol–water partition coefficient (Wildman–Crippen LogP) is 4.67. The van der Waals surface area contributed by atoms with E-state index in [0.717, 1.165) is 30.6 Å². The number of aromatic nitrogens is 2. The number of benzene rings is 2. The van der Waals surface area contributed by atoms with Crippen LogP contribution in [0.3, 0.4) is 0 Å². The van der Waals surface area contributed by atoms with E-state index in [9.17, 15) is 18.0 Å². The molecule has 2 atom stereocenters. The number of nitriles is 1. The monoisotopic (exact) mass is 511 g/mol. The molecule has 1 fully saturated rings. The van der Waals surface area contributed by atoms with Gasteiger partial charge in [0.2, 0.25) is 5.91 Å². The second-order valence-electron chi connectivity index (χ2n) is 9.54. The Bertz CT molecular complexity index is 1240. The van der Waals surface area contributed by atoms with E-state index >= 15 is 0 Å². The fourth-order valence-electron chi connectivity index (χ4n) is 4.76. The second kappa shape index (κ2) is 11.0. The van der Waals surface area contributed by atoms with E-state index in [-0.39, 0.29) is 17.6 Å². The third-order valence-corrected chi connectivity index (χ3v) is 6.55. The van der Waals surface area contributed by atoms with E-state index < -0.39 is 11.9 Å². The normalized spacial score (nSPS) is 18.0. The largest absolute Gasteiger partial charge is 0.573 e. The number of alkyl halides is 3. The molecule has 0 spiro atoms. The van der Waals surface area contributed by atoms with Gasteiger partial charge in [0.1, 0.15) is 5.75 Å². The van der Waals surface area contributed by atoms with Gasteiger partial charge in [-0.15, -0.1) is 13.2 Å². The summed E-state index contributed by atoms with van der Waals surface area (Å²) < 4.78 is 41.8. The molecule has 0 aliphatic carbocycles. The average Bonchev–Trinajstić information content (AvgIpc) is 3.40. The summed E-state index contributed by atoms with van der Waals surface area (Å²) in [5, 5.41) is 12.3. The van der Waals surface area contributed by atoms with Crippen LogP contribution in [-0.2, 0) is 23.3 Å². The van der Waals surface area contributed by atoms with Crippen LogP contribution in [-0.4, -0.2) is 40.2 Å². The van der Waals surface area contributed by atoms with Crippen molar-refractivity contribution in [2.75, 3.05) is 13.1 Å². The number of rotatable bonds is 8. The topological polar surface area (TPSA) is 94.0 Å². The van der Waals surface area contributed by atoms with Gasteiger partial charge in [0.15, 0.2) is 0 Å². The van der Waals surface area contributed by atoms with Gasteiger partial charge in [-0.2, -0.15) is 5.26 Å². The lowest BCUT2D eigenvalue weighted by Gasteiger charge is -2.36. The Kier molecular flexibility index (Phi) is 7.83. The summed E-state index contributed by atoms with van der Waals surface area (Å²) in [5.74, 6) is -0.620. The van der Waals surface area contributed by atoms with Crippen LogP contribution in [0, 0.1) is 17.2 Å². The summed E-state index contributed by atoms with van der Waals surface area (Å²) in [7, 11) is 0. The lowest BCUT2D eigenvalue weighted by atomic mass is 9.87. The summed E-state index contributed by atoms with van der Waals surface area (Å²) in [6, 6.07) is 15.3. The maximum atomic E-state index is 13.4. The minimum atomic E-state index is -4.74. The number of hydrogen-bond donors (Lipinski definition) is 2. The summed E-state index contributed by atoms with van der Waals surface area (Å²) in [4.78, 5) is 22.8. The number of aromatic amines is 1. The third kappa shape index (κ3) is 7.11. The zero-order chi connectivity index (χ0) is 26.5. The number of carbonyl (C=O) groups is 1. The van der Waals surface area contributed by atoms with E-state index in [1.165, 1.54) is 18.2 Å².